The summed E-state index contributed by atoms with van der Waals surface area (Å²) in [4.78, 5) is 42.4. The minimum atomic E-state index is -0.809. The van der Waals surface area contributed by atoms with Gasteiger partial charge in [0.1, 0.15) is 6.04 Å². The average Bonchev–Trinajstić information content (AvgIpc) is 3.69. The van der Waals surface area contributed by atoms with E-state index < -0.39 is 6.04 Å². The Morgan fingerprint density at radius 3 is 2.28 bits per heavy atom. The standard InChI is InChI=1S/C37H47N9O3.ClH/c1-3-46(4-2)20-19-39-35(47)31-10-6-9-30(23-31)29-8-5-7-26(21-29)22-33(41-36(48)28-13-11-25(24-38)12-14-28)37(49)40-32-17-15-27(16-18-32)34-42-44-45-43-34;/h5-10,15-18,21,23,25,28,33H,3-4,11-14,19-20,22,24,38H2,1-2H3,(H,39,47)(H,40,49)(H,41,48)(H,42,43,44,45);1H/t25?,28?,33-;/m0./s1. The van der Waals surface area contributed by atoms with Crippen molar-refractivity contribution in [1.82, 2.24) is 36.2 Å². The number of H-pyrrole nitrogens is 1. The molecule has 3 amide bonds. The molecule has 0 radical (unpaired) electrons. The van der Waals surface area contributed by atoms with Gasteiger partial charge in [-0.2, -0.15) is 0 Å². The van der Waals surface area contributed by atoms with E-state index in [2.05, 4.69) is 55.3 Å². The van der Waals surface area contributed by atoms with Crippen LogP contribution in [0.5, 0.6) is 0 Å². The Labute approximate surface area is 299 Å². The molecule has 1 aromatic heterocycles. The molecule has 266 valence electrons. The van der Waals surface area contributed by atoms with Crippen LogP contribution in [-0.4, -0.2) is 82.0 Å². The zero-order chi connectivity index (χ0) is 34.6. The number of aromatic nitrogens is 4. The van der Waals surface area contributed by atoms with Crippen molar-refractivity contribution < 1.29 is 14.4 Å². The summed E-state index contributed by atoms with van der Waals surface area (Å²) in [7, 11) is 0. The van der Waals surface area contributed by atoms with Gasteiger partial charge in [-0.25, -0.2) is 5.10 Å². The number of likely N-dealkylation sites (N-methyl/N-ethyl adjacent to an activating group) is 1. The van der Waals surface area contributed by atoms with Gasteiger partial charge in [0.15, 0.2) is 5.82 Å². The minimum absolute atomic E-state index is 0. The highest BCUT2D eigenvalue weighted by atomic mass is 35.5. The third kappa shape index (κ3) is 10.4. The fourth-order valence-electron chi connectivity index (χ4n) is 6.30. The van der Waals surface area contributed by atoms with Gasteiger partial charge in [0.05, 0.1) is 0 Å². The predicted octanol–water partition coefficient (Wildman–Crippen LogP) is 4.46. The van der Waals surface area contributed by atoms with E-state index >= 15 is 0 Å². The lowest BCUT2D eigenvalue weighted by Crippen LogP contribution is -2.48. The highest BCUT2D eigenvalue weighted by Crippen LogP contribution is 2.29. The van der Waals surface area contributed by atoms with Crippen LogP contribution in [0.3, 0.4) is 0 Å². The van der Waals surface area contributed by atoms with Gasteiger partial charge in [0, 0.05) is 42.2 Å². The highest BCUT2D eigenvalue weighted by molar-refractivity contribution is 5.98. The number of nitrogens with zero attached hydrogens (tertiary/aromatic N) is 4. The van der Waals surface area contributed by atoms with Gasteiger partial charge in [0.25, 0.3) is 5.91 Å². The van der Waals surface area contributed by atoms with Crippen molar-refractivity contribution in [3.05, 3.63) is 83.9 Å². The number of rotatable bonds is 15. The lowest BCUT2D eigenvalue weighted by Gasteiger charge is -2.28. The van der Waals surface area contributed by atoms with Crippen molar-refractivity contribution in [3.8, 4) is 22.5 Å². The van der Waals surface area contributed by atoms with Crippen molar-refractivity contribution in [3.63, 3.8) is 0 Å². The number of tetrazole rings is 1. The molecule has 6 N–H and O–H groups in total. The number of hydrogen-bond acceptors (Lipinski definition) is 8. The summed E-state index contributed by atoms with van der Waals surface area (Å²) in [5, 5.41) is 22.9. The van der Waals surface area contributed by atoms with Crippen LogP contribution in [0, 0.1) is 11.8 Å². The second-order valence-corrected chi connectivity index (χ2v) is 12.6. The summed E-state index contributed by atoms with van der Waals surface area (Å²) in [5.41, 5.74) is 10.5. The molecule has 1 atom stereocenters. The molecular weight excluding hydrogens is 654 g/mol. The van der Waals surface area contributed by atoms with Gasteiger partial charge in [-0.3, -0.25) is 14.4 Å². The smallest absolute Gasteiger partial charge is 0.251 e. The van der Waals surface area contributed by atoms with Crippen LogP contribution in [-0.2, 0) is 16.0 Å². The topological polar surface area (TPSA) is 171 Å². The first-order chi connectivity index (χ1) is 23.9. The quantitative estimate of drug-likeness (QED) is 0.121. The summed E-state index contributed by atoms with van der Waals surface area (Å²) in [5.74, 6) is 0.273. The van der Waals surface area contributed by atoms with E-state index in [0.29, 0.717) is 36.1 Å². The zero-order valence-corrected chi connectivity index (χ0v) is 29.5. The van der Waals surface area contributed by atoms with Crippen molar-refractivity contribution in [2.45, 2.75) is 52.0 Å². The van der Waals surface area contributed by atoms with Crippen LogP contribution < -0.4 is 21.7 Å². The molecule has 50 heavy (non-hydrogen) atoms. The first-order valence-electron chi connectivity index (χ1n) is 17.2. The Kier molecular flexibility index (Phi) is 14.4. The van der Waals surface area contributed by atoms with Crippen LogP contribution in [0.15, 0.2) is 72.8 Å². The Hall–Kier alpha value is -4.65. The second-order valence-electron chi connectivity index (χ2n) is 12.6. The number of benzene rings is 3. The molecule has 0 saturated heterocycles. The fraction of sp³-hybridized carbons (Fsp3) is 0.405. The molecule has 1 heterocycles. The number of carbonyl (C=O) groups excluding carboxylic acids is 3. The molecule has 12 nitrogen and oxygen atoms in total. The SMILES string of the molecule is CCN(CC)CCNC(=O)c1cccc(-c2cccc(C[C@H](NC(=O)C3CCC(CN)CC3)C(=O)Nc3ccc(-c4nnn[nH]4)cc3)c2)c1.Cl. The average molecular weight is 702 g/mol. The molecule has 1 aliphatic carbocycles. The molecular formula is C37H48ClN9O3. The van der Waals surface area contributed by atoms with Crippen molar-refractivity contribution >= 4 is 35.8 Å². The fourth-order valence-corrected chi connectivity index (χ4v) is 6.30. The van der Waals surface area contributed by atoms with E-state index in [4.69, 9.17) is 5.73 Å². The van der Waals surface area contributed by atoms with Gasteiger partial charge < -0.3 is 26.6 Å². The first kappa shape index (κ1) is 38.2. The molecule has 3 aromatic carbocycles. The predicted molar refractivity (Wildman–Crippen MR) is 198 cm³/mol. The van der Waals surface area contributed by atoms with E-state index in [1.807, 2.05) is 60.7 Å². The van der Waals surface area contributed by atoms with E-state index in [1.165, 1.54) is 0 Å². The highest BCUT2D eigenvalue weighted by Gasteiger charge is 2.29. The molecule has 4 aromatic rings. The number of hydrogen-bond donors (Lipinski definition) is 5. The largest absolute Gasteiger partial charge is 0.351 e. The Balaban J connectivity index is 0.00000562. The lowest BCUT2D eigenvalue weighted by molar-refractivity contribution is -0.130. The lowest BCUT2D eigenvalue weighted by atomic mass is 9.81. The van der Waals surface area contributed by atoms with Crippen molar-refractivity contribution in [2.24, 2.45) is 17.6 Å². The number of halogens is 1. The van der Waals surface area contributed by atoms with Gasteiger partial charge >= 0.3 is 0 Å². The third-order valence-corrected chi connectivity index (χ3v) is 9.39. The molecule has 1 fully saturated rings. The maximum Gasteiger partial charge on any atom is 0.251 e. The second kappa shape index (κ2) is 18.9. The molecule has 0 bridgehead atoms. The van der Waals surface area contributed by atoms with Crippen LogP contribution >= 0.6 is 12.4 Å². The molecule has 0 aliphatic heterocycles. The maximum atomic E-state index is 13.8. The monoisotopic (exact) mass is 701 g/mol. The normalized spacial score (nSPS) is 16.2. The number of carbonyl (C=O) groups is 3. The van der Waals surface area contributed by atoms with E-state index in [-0.39, 0.29) is 42.5 Å². The Bertz CT molecular complexity index is 1670. The number of anilines is 1. The summed E-state index contributed by atoms with van der Waals surface area (Å²) in [6.45, 7) is 8.10. The molecule has 0 spiro atoms. The van der Waals surface area contributed by atoms with Crippen LogP contribution in [0.25, 0.3) is 22.5 Å². The molecule has 1 saturated carbocycles. The summed E-state index contributed by atoms with van der Waals surface area (Å²) in [6, 6.07) is 21.8. The van der Waals surface area contributed by atoms with E-state index in [9.17, 15) is 14.4 Å². The summed E-state index contributed by atoms with van der Waals surface area (Å²) in [6.07, 6.45) is 3.63. The maximum absolute atomic E-state index is 13.8. The molecule has 0 unspecified atom stereocenters. The molecule has 5 rings (SSSR count). The third-order valence-electron chi connectivity index (χ3n) is 9.39. The van der Waals surface area contributed by atoms with Gasteiger partial charge in [-0.05, 0) is 115 Å². The number of nitrogens with one attached hydrogen (secondary N) is 4. The zero-order valence-electron chi connectivity index (χ0n) is 28.7. The number of aromatic amines is 1. The van der Waals surface area contributed by atoms with E-state index in [1.54, 1.807) is 12.1 Å². The van der Waals surface area contributed by atoms with Crippen LogP contribution in [0.1, 0.15) is 55.5 Å². The van der Waals surface area contributed by atoms with Gasteiger partial charge in [0.2, 0.25) is 11.8 Å². The van der Waals surface area contributed by atoms with Gasteiger partial charge in [-0.1, -0.05) is 50.2 Å². The van der Waals surface area contributed by atoms with Crippen molar-refractivity contribution in [2.75, 3.05) is 38.0 Å². The van der Waals surface area contributed by atoms with Gasteiger partial charge in [-0.15, -0.1) is 17.5 Å². The Morgan fingerprint density at radius 2 is 1.62 bits per heavy atom. The summed E-state index contributed by atoms with van der Waals surface area (Å²) >= 11 is 0. The van der Waals surface area contributed by atoms with Crippen LogP contribution in [0.2, 0.25) is 0 Å². The first-order valence-corrected chi connectivity index (χ1v) is 17.2. The van der Waals surface area contributed by atoms with E-state index in [0.717, 1.165) is 67.6 Å². The molecule has 13 heteroatoms. The number of nitrogens with two attached hydrogens (primary N) is 1. The number of amides is 3. The minimum Gasteiger partial charge on any atom is -0.351 e. The molecule has 1 aliphatic rings. The Morgan fingerprint density at radius 1 is 0.920 bits per heavy atom. The summed E-state index contributed by atoms with van der Waals surface area (Å²) < 4.78 is 0. The van der Waals surface area contributed by atoms with Crippen LogP contribution in [0.4, 0.5) is 5.69 Å². The van der Waals surface area contributed by atoms with Crippen molar-refractivity contribution in [1.29, 1.82) is 0 Å².